The minimum atomic E-state index is -2.06. The monoisotopic (exact) mass is 380 g/mol. The molecule has 144 valence electrons. The summed E-state index contributed by atoms with van der Waals surface area (Å²) in [7, 11) is -2.06. The topological polar surface area (TPSA) is 26.3 Å². The normalized spacial score (nSPS) is 17.2. The summed E-state index contributed by atoms with van der Waals surface area (Å²) in [6.07, 6.45) is 0.701. The molecule has 0 radical (unpaired) electrons. The Bertz CT molecular complexity index is 801. The van der Waals surface area contributed by atoms with E-state index in [9.17, 15) is 4.79 Å². The largest absolute Gasteiger partial charge is 0.409 e. The highest BCUT2D eigenvalue weighted by Crippen LogP contribution is 2.46. The Morgan fingerprint density at radius 3 is 1.93 bits per heavy atom. The number of hydrogen-bond donors (Lipinski definition) is 0. The number of carbonyl (C=O) groups is 1. The Labute approximate surface area is 165 Å². The molecule has 1 atom stereocenters. The SMILES string of the molecule is CC(C)[Si](OC1Cc2ccccc2C(=O)c2ccccc21)(C(C)C)C(C)C. The first-order valence-corrected chi connectivity index (χ1v) is 12.3. The third-order valence-electron chi connectivity index (χ3n) is 6.27. The average molecular weight is 381 g/mol. The van der Waals surface area contributed by atoms with Crippen LogP contribution >= 0.6 is 0 Å². The van der Waals surface area contributed by atoms with Crippen molar-refractivity contribution < 1.29 is 9.22 Å². The minimum absolute atomic E-state index is 0.0623. The molecule has 0 spiro atoms. The van der Waals surface area contributed by atoms with E-state index in [2.05, 4.69) is 53.7 Å². The van der Waals surface area contributed by atoms with Gasteiger partial charge in [0.2, 0.25) is 8.32 Å². The number of hydrogen-bond acceptors (Lipinski definition) is 2. The van der Waals surface area contributed by atoms with Gasteiger partial charge in [-0.15, -0.1) is 0 Å². The molecule has 1 aliphatic rings. The van der Waals surface area contributed by atoms with E-state index in [1.165, 1.54) is 0 Å². The first-order valence-electron chi connectivity index (χ1n) is 10.2. The van der Waals surface area contributed by atoms with Gasteiger partial charge in [0.15, 0.2) is 5.78 Å². The van der Waals surface area contributed by atoms with Gasteiger partial charge in [-0.05, 0) is 27.8 Å². The van der Waals surface area contributed by atoms with Crippen molar-refractivity contribution in [1.29, 1.82) is 0 Å². The summed E-state index contributed by atoms with van der Waals surface area (Å²) in [4.78, 5) is 13.2. The van der Waals surface area contributed by atoms with Crippen LogP contribution in [-0.2, 0) is 10.8 Å². The van der Waals surface area contributed by atoms with Gasteiger partial charge in [-0.25, -0.2) is 0 Å². The third kappa shape index (κ3) is 3.43. The number of carbonyl (C=O) groups excluding carboxylic acids is 1. The second kappa shape index (κ2) is 7.73. The van der Waals surface area contributed by atoms with E-state index in [4.69, 9.17) is 4.43 Å². The summed E-state index contributed by atoms with van der Waals surface area (Å²) in [6.45, 7) is 13.9. The molecule has 0 heterocycles. The molecule has 0 fully saturated rings. The van der Waals surface area contributed by atoms with Crippen LogP contribution in [0.15, 0.2) is 48.5 Å². The van der Waals surface area contributed by atoms with Crippen LogP contribution in [0.5, 0.6) is 0 Å². The highest BCUT2D eigenvalue weighted by molar-refractivity contribution is 6.77. The van der Waals surface area contributed by atoms with Crippen LogP contribution in [0, 0.1) is 0 Å². The first kappa shape index (κ1) is 20.0. The van der Waals surface area contributed by atoms with Gasteiger partial charge < -0.3 is 4.43 Å². The lowest BCUT2D eigenvalue weighted by Gasteiger charge is -2.45. The molecule has 0 aliphatic heterocycles. The molecular formula is C24H32O2Si. The Balaban J connectivity index is 2.14. The van der Waals surface area contributed by atoms with E-state index in [0.29, 0.717) is 16.6 Å². The van der Waals surface area contributed by atoms with Crippen LogP contribution < -0.4 is 0 Å². The Hall–Kier alpha value is -1.71. The molecule has 0 saturated carbocycles. The van der Waals surface area contributed by atoms with Crippen LogP contribution in [0.4, 0.5) is 0 Å². The molecule has 0 saturated heterocycles. The van der Waals surface area contributed by atoms with E-state index < -0.39 is 8.32 Å². The van der Waals surface area contributed by atoms with Gasteiger partial charge in [0.25, 0.3) is 0 Å². The van der Waals surface area contributed by atoms with Crippen molar-refractivity contribution >= 4 is 14.1 Å². The van der Waals surface area contributed by atoms with Crippen molar-refractivity contribution in [3.05, 3.63) is 70.8 Å². The van der Waals surface area contributed by atoms with Gasteiger partial charge in [0, 0.05) is 17.5 Å². The maximum atomic E-state index is 13.2. The van der Waals surface area contributed by atoms with Crippen molar-refractivity contribution in [1.82, 2.24) is 0 Å². The lowest BCUT2D eigenvalue weighted by Crippen LogP contribution is -2.48. The van der Waals surface area contributed by atoms with Gasteiger partial charge in [0.1, 0.15) is 0 Å². The maximum Gasteiger partial charge on any atom is 0.201 e. The number of fused-ring (bicyclic) bond motifs is 2. The van der Waals surface area contributed by atoms with Gasteiger partial charge in [-0.2, -0.15) is 0 Å². The highest BCUT2D eigenvalue weighted by atomic mass is 28.4. The smallest absolute Gasteiger partial charge is 0.201 e. The molecule has 1 unspecified atom stereocenters. The molecular weight excluding hydrogens is 348 g/mol. The molecule has 0 aromatic heterocycles. The predicted octanol–water partition coefficient (Wildman–Crippen LogP) is 6.71. The molecule has 3 rings (SSSR count). The number of rotatable bonds is 5. The molecule has 0 amide bonds. The Kier molecular flexibility index (Phi) is 5.73. The average Bonchev–Trinajstić information content (AvgIpc) is 2.74. The zero-order valence-electron chi connectivity index (χ0n) is 17.5. The number of benzene rings is 2. The van der Waals surface area contributed by atoms with Gasteiger partial charge >= 0.3 is 0 Å². The fourth-order valence-electron chi connectivity index (χ4n) is 5.12. The first-order chi connectivity index (χ1) is 12.8. The van der Waals surface area contributed by atoms with E-state index in [1.54, 1.807) is 0 Å². The maximum absolute atomic E-state index is 13.2. The van der Waals surface area contributed by atoms with Crippen molar-refractivity contribution in [2.75, 3.05) is 0 Å². The van der Waals surface area contributed by atoms with E-state index >= 15 is 0 Å². The summed E-state index contributed by atoms with van der Waals surface area (Å²) < 4.78 is 7.16. The standard InChI is InChI=1S/C24H32O2Si/c1-16(2)27(17(3)4,18(5)6)26-23-15-19-11-7-8-12-20(19)24(25)22-14-10-9-13-21(22)23/h7-14,16-18,23H,15H2,1-6H3. The summed E-state index contributed by atoms with van der Waals surface area (Å²) in [5, 5.41) is 0. The molecule has 2 aromatic rings. The second-order valence-corrected chi connectivity index (χ2v) is 14.1. The molecule has 1 aliphatic carbocycles. The van der Waals surface area contributed by atoms with Crippen LogP contribution in [0.3, 0.4) is 0 Å². The van der Waals surface area contributed by atoms with Crippen LogP contribution in [0.2, 0.25) is 16.6 Å². The molecule has 0 bridgehead atoms. The fourth-order valence-corrected chi connectivity index (χ4v) is 10.6. The van der Waals surface area contributed by atoms with Crippen LogP contribution in [0.1, 0.15) is 74.7 Å². The lowest BCUT2D eigenvalue weighted by molar-refractivity contribution is 0.103. The van der Waals surface area contributed by atoms with E-state index in [0.717, 1.165) is 28.7 Å². The van der Waals surface area contributed by atoms with Crippen molar-refractivity contribution in [2.24, 2.45) is 0 Å². The predicted molar refractivity (Wildman–Crippen MR) is 115 cm³/mol. The molecule has 0 N–H and O–H groups in total. The summed E-state index contributed by atoms with van der Waals surface area (Å²) in [5.74, 6) is 0.123. The quantitative estimate of drug-likeness (QED) is 0.539. The molecule has 3 heteroatoms. The van der Waals surface area contributed by atoms with Crippen molar-refractivity contribution in [3.63, 3.8) is 0 Å². The highest BCUT2D eigenvalue weighted by Gasteiger charge is 2.47. The summed E-state index contributed by atoms with van der Waals surface area (Å²) in [6, 6.07) is 16.0. The Morgan fingerprint density at radius 2 is 1.33 bits per heavy atom. The minimum Gasteiger partial charge on any atom is -0.409 e. The van der Waals surface area contributed by atoms with Crippen LogP contribution in [-0.4, -0.2) is 14.1 Å². The lowest BCUT2D eigenvalue weighted by atomic mass is 9.99. The summed E-state index contributed by atoms with van der Waals surface area (Å²) >= 11 is 0. The Morgan fingerprint density at radius 1 is 0.815 bits per heavy atom. The van der Waals surface area contributed by atoms with Gasteiger partial charge in [-0.1, -0.05) is 90.1 Å². The molecule has 2 aromatic carbocycles. The van der Waals surface area contributed by atoms with Crippen molar-refractivity contribution in [2.45, 2.75) is 70.7 Å². The van der Waals surface area contributed by atoms with Gasteiger partial charge in [0.05, 0.1) is 6.10 Å². The third-order valence-corrected chi connectivity index (χ3v) is 12.4. The number of ketones is 1. The fraction of sp³-hybridized carbons (Fsp3) is 0.458. The molecule has 27 heavy (non-hydrogen) atoms. The van der Waals surface area contributed by atoms with E-state index in [1.807, 2.05) is 36.4 Å². The molecule has 2 nitrogen and oxygen atoms in total. The van der Waals surface area contributed by atoms with Crippen molar-refractivity contribution in [3.8, 4) is 0 Å². The van der Waals surface area contributed by atoms with E-state index in [-0.39, 0.29) is 11.9 Å². The zero-order valence-corrected chi connectivity index (χ0v) is 18.5. The summed E-state index contributed by atoms with van der Waals surface area (Å²) in [5.41, 5.74) is 5.31. The van der Waals surface area contributed by atoms with Gasteiger partial charge in [-0.3, -0.25) is 4.79 Å². The van der Waals surface area contributed by atoms with Crippen LogP contribution in [0.25, 0.3) is 0 Å². The second-order valence-electron chi connectivity index (χ2n) is 8.70. The zero-order chi connectivity index (χ0) is 19.8.